The van der Waals surface area contributed by atoms with Crippen LogP contribution in [0.3, 0.4) is 0 Å². The third-order valence-electron chi connectivity index (χ3n) is 10.4. The normalized spacial score (nSPS) is 18.8. The van der Waals surface area contributed by atoms with Gasteiger partial charge >= 0.3 is 0 Å². The van der Waals surface area contributed by atoms with Gasteiger partial charge in [0, 0.05) is 78.7 Å². The summed E-state index contributed by atoms with van der Waals surface area (Å²) in [6, 6.07) is 15.5. The fraction of sp³-hybridized carbons (Fsp3) is 0.429. The highest BCUT2D eigenvalue weighted by atomic mass is 16.5. The van der Waals surface area contributed by atoms with Gasteiger partial charge in [-0.05, 0) is 93.8 Å². The first-order valence-electron chi connectivity index (χ1n) is 19.7. The van der Waals surface area contributed by atoms with Gasteiger partial charge in [-0.2, -0.15) is 0 Å². The lowest BCUT2D eigenvalue weighted by atomic mass is 9.90. The Bertz CT molecular complexity index is 1820. The van der Waals surface area contributed by atoms with Crippen LogP contribution in [0.15, 0.2) is 60.7 Å². The minimum Gasteiger partial charge on any atom is -0.496 e. The number of carbonyl (C=O) groups excluding carboxylic acids is 6. The Morgan fingerprint density at radius 2 is 0.793 bits per heavy atom. The largest absolute Gasteiger partial charge is 0.496 e. The first-order chi connectivity index (χ1) is 28.0. The molecule has 0 unspecified atom stereocenters. The Morgan fingerprint density at radius 3 is 1.10 bits per heavy atom. The molecule has 6 amide bonds. The van der Waals surface area contributed by atoms with E-state index in [-0.39, 0.29) is 70.4 Å². The van der Waals surface area contributed by atoms with Gasteiger partial charge in [0.15, 0.2) is 0 Å². The molecule has 0 bridgehead atoms. The summed E-state index contributed by atoms with van der Waals surface area (Å²) in [5, 5.41) is 17.6. The molecule has 3 aromatic carbocycles. The highest BCUT2D eigenvalue weighted by Gasteiger charge is 2.29. The molecule has 0 atom stereocenters. The molecule has 310 valence electrons. The van der Waals surface area contributed by atoms with Crippen LogP contribution >= 0.6 is 0 Å². The van der Waals surface area contributed by atoms with Gasteiger partial charge in [0.05, 0.1) is 25.3 Å². The monoisotopic (exact) mass is 798 g/mol. The molecule has 0 spiro atoms. The third-order valence-corrected chi connectivity index (χ3v) is 10.4. The van der Waals surface area contributed by atoms with Gasteiger partial charge in [-0.3, -0.25) is 28.8 Å². The Labute approximate surface area is 337 Å². The average Bonchev–Trinajstić information content (AvgIpc) is 3.25. The van der Waals surface area contributed by atoms with E-state index < -0.39 is 11.8 Å². The maximum atomic E-state index is 13.6. The molecule has 2 aliphatic rings. The molecule has 0 heterocycles. The number of nitrogens with two attached hydrogens (primary N) is 2. The number of hydrogen-bond donors (Lipinski definition) is 8. The molecule has 58 heavy (non-hydrogen) atoms. The number of benzene rings is 3. The Balaban J connectivity index is 1.12. The zero-order chi connectivity index (χ0) is 41.6. The third kappa shape index (κ3) is 11.5. The number of hydrogen-bond acceptors (Lipinski definition) is 10. The number of ether oxygens (including phenoxy) is 2. The molecule has 0 aromatic heterocycles. The van der Waals surface area contributed by atoms with E-state index in [0.717, 1.165) is 0 Å². The quantitative estimate of drug-likeness (QED) is 0.105. The van der Waals surface area contributed by atoms with E-state index in [0.29, 0.717) is 99.8 Å². The number of rotatable bonds is 16. The average molecular weight is 799 g/mol. The van der Waals surface area contributed by atoms with Crippen molar-refractivity contribution in [3.05, 3.63) is 94.0 Å². The second kappa shape index (κ2) is 21.0. The molecule has 16 heteroatoms. The van der Waals surface area contributed by atoms with Crippen LogP contribution in [-0.2, 0) is 0 Å². The molecular weight excluding hydrogens is 745 g/mol. The van der Waals surface area contributed by atoms with Crippen molar-refractivity contribution in [2.45, 2.75) is 75.5 Å². The van der Waals surface area contributed by atoms with E-state index in [1.807, 2.05) is 0 Å². The van der Waals surface area contributed by atoms with Crippen molar-refractivity contribution in [2.75, 3.05) is 40.4 Å². The lowest BCUT2D eigenvalue weighted by Gasteiger charge is -2.30. The minimum atomic E-state index is -0.399. The summed E-state index contributed by atoms with van der Waals surface area (Å²) in [5.74, 6) is -1.45. The van der Waals surface area contributed by atoms with Crippen LogP contribution in [0.5, 0.6) is 11.5 Å². The number of methoxy groups -OCH3 is 2. The topological polar surface area (TPSA) is 245 Å². The molecular formula is C42H54N8O8. The van der Waals surface area contributed by atoms with E-state index >= 15 is 0 Å². The zero-order valence-electron chi connectivity index (χ0n) is 33.0. The Morgan fingerprint density at radius 1 is 0.483 bits per heavy atom. The van der Waals surface area contributed by atoms with Crippen molar-refractivity contribution in [1.82, 2.24) is 31.9 Å². The number of amides is 6. The lowest BCUT2D eigenvalue weighted by molar-refractivity contribution is 0.0885. The fourth-order valence-corrected chi connectivity index (χ4v) is 7.26. The van der Waals surface area contributed by atoms with Crippen molar-refractivity contribution in [1.29, 1.82) is 0 Å². The van der Waals surface area contributed by atoms with Gasteiger partial charge in [0.2, 0.25) is 0 Å². The highest BCUT2D eigenvalue weighted by molar-refractivity contribution is 6.04. The number of nitrogens with one attached hydrogen (secondary N) is 6. The Kier molecular flexibility index (Phi) is 15.6. The van der Waals surface area contributed by atoms with Crippen LogP contribution < -0.4 is 52.8 Å². The zero-order valence-corrected chi connectivity index (χ0v) is 33.0. The van der Waals surface area contributed by atoms with Crippen LogP contribution in [0, 0.1) is 0 Å². The maximum Gasteiger partial charge on any atom is 0.255 e. The predicted octanol–water partition coefficient (Wildman–Crippen LogP) is 2.02. The smallest absolute Gasteiger partial charge is 0.255 e. The molecule has 0 radical (unpaired) electrons. The second-order valence-corrected chi connectivity index (χ2v) is 14.5. The highest BCUT2D eigenvalue weighted by Crippen LogP contribution is 2.31. The van der Waals surface area contributed by atoms with Crippen molar-refractivity contribution in [2.24, 2.45) is 11.5 Å². The molecule has 10 N–H and O–H groups in total. The Hall–Kier alpha value is -6.00. The van der Waals surface area contributed by atoms with Crippen molar-refractivity contribution in [3.8, 4) is 11.5 Å². The van der Waals surface area contributed by atoms with Gasteiger partial charge in [-0.1, -0.05) is 12.1 Å². The standard InChI is InChI=1S/C42H54N8O8/c1-57-35-24-36(58-2)34(42(56)50-32-15-11-30(12-16-32)48-40(54)28-8-4-6-26(22-28)38(52)46-20-18-44)23-33(35)41(55)49-31-13-9-29(10-14-31)47-39(53)27-7-3-5-25(21-27)37(51)45-19-17-43/h3-8,21-24,29-32H,9-20,43-44H2,1-2H3,(H,45,51)(H,46,52)(H,47,53)(H,48,54)(H,49,55)(H,50,56)/t29-,30-,31-,32-. The molecule has 5 rings (SSSR count). The number of carbonyl (C=O) groups is 6. The van der Waals surface area contributed by atoms with E-state index in [1.54, 1.807) is 48.5 Å². The van der Waals surface area contributed by atoms with E-state index in [1.165, 1.54) is 26.4 Å². The van der Waals surface area contributed by atoms with E-state index in [9.17, 15) is 28.8 Å². The van der Waals surface area contributed by atoms with Crippen molar-refractivity contribution in [3.63, 3.8) is 0 Å². The second-order valence-electron chi connectivity index (χ2n) is 14.5. The summed E-state index contributed by atoms with van der Waals surface area (Å²) < 4.78 is 11.1. The summed E-state index contributed by atoms with van der Waals surface area (Å²) in [5.41, 5.74) is 12.8. The summed E-state index contributed by atoms with van der Waals surface area (Å²) in [6.45, 7) is 1.30. The molecule has 2 aliphatic carbocycles. The van der Waals surface area contributed by atoms with Crippen LogP contribution in [0.4, 0.5) is 0 Å². The van der Waals surface area contributed by atoms with E-state index in [2.05, 4.69) is 31.9 Å². The van der Waals surface area contributed by atoms with Crippen LogP contribution in [0.1, 0.15) is 114 Å². The first kappa shape index (κ1) is 43.1. The van der Waals surface area contributed by atoms with Gasteiger partial charge in [0.25, 0.3) is 35.4 Å². The summed E-state index contributed by atoms with van der Waals surface area (Å²) in [7, 11) is 2.88. The molecule has 0 saturated heterocycles. The van der Waals surface area contributed by atoms with Gasteiger partial charge in [-0.15, -0.1) is 0 Å². The molecule has 3 aromatic rings. The lowest BCUT2D eigenvalue weighted by Crippen LogP contribution is -2.44. The van der Waals surface area contributed by atoms with E-state index in [4.69, 9.17) is 20.9 Å². The molecule has 2 fully saturated rings. The van der Waals surface area contributed by atoms with Crippen molar-refractivity contribution >= 4 is 35.4 Å². The molecule has 16 nitrogen and oxygen atoms in total. The van der Waals surface area contributed by atoms with Crippen molar-refractivity contribution < 1.29 is 38.2 Å². The van der Waals surface area contributed by atoms with Crippen LogP contribution in [0.2, 0.25) is 0 Å². The minimum absolute atomic E-state index is 0.106. The maximum absolute atomic E-state index is 13.6. The molecule has 2 saturated carbocycles. The van der Waals surface area contributed by atoms with Crippen LogP contribution in [0.25, 0.3) is 0 Å². The summed E-state index contributed by atoms with van der Waals surface area (Å²) in [4.78, 5) is 78.0. The van der Waals surface area contributed by atoms with Gasteiger partial charge in [0.1, 0.15) is 11.5 Å². The van der Waals surface area contributed by atoms with Gasteiger partial charge in [-0.25, -0.2) is 0 Å². The van der Waals surface area contributed by atoms with Gasteiger partial charge < -0.3 is 52.8 Å². The fourth-order valence-electron chi connectivity index (χ4n) is 7.26. The SMILES string of the molecule is COc1cc(OC)c(C(=O)N[C@H]2CC[C@H](NC(=O)c3cccc(C(=O)NCCN)c3)CC2)cc1C(=O)N[C@H]1CC[C@H](NC(=O)c2cccc(C(=O)NCCN)c2)CC1. The first-order valence-corrected chi connectivity index (χ1v) is 19.7. The predicted molar refractivity (Wildman–Crippen MR) is 217 cm³/mol. The molecule has 0 aliphatic heterocycles. The summed E-state index contributed by atoms with van der Waals surface area (Å²) >= 11 is 0. The summed E-state index contributed by atoms with van der Waals surface area (Å²) in [6.07, 6.45) is 5.00. The van der Waals surface area contributed by atoms with Crippen LogP contribution in [-0.4, -0.2) is 100 Å².